The fraction of sp³-hybridized carbons (Fsp3) is 0.154. The van der Waals surface area contributed by atoms with Gasteiger partial charge in [-0.15, -0.1) is 0 Å². The largest absolute Gasteiger partial charge is 0.289 e. The smallest absolute Gasteiger partial charge is 0.194 e. The Balaban J connectivity index is 0.000000454. The maximum absolute atomic E-state index is 13.1. The van der Waals surface area contributed by atoms with E-state index in [1.54, 1.807) is 0 Å². The van der Waals surface area contributed by atoms with Crippen LogP contribution in [0.3, 0.4) is 0 Å². The molecule has 28 heavy (non-hydrogen) atoms. The summed E-state index contributed by atoms with van der Waals surface area (Å²) in [4.78, 5) is 26.1. The van der Waals surface area contributed by atoms with Gasteiger partial charge in [0.05, 0.1) is 0 Å². The normalized spacial score (nSPS) is 11.1. The summed E-state index contributed by atoms with van der Waals surface area (Å²) in [7, 11) is 0. The first kappa shape index (κ1) is 18.1. The van der Waals surface area contributed by atoms with Gasteiger partial charge in [-0.25, -0.2) is 0 Å². The van der Waals surface area contributed by atoms with E-state index in [1.165, 1.54) is 0 Å². The van der Waals surface area contributed by atoms with Crippen LogP contribution in [0, 0.1) is 0 Å². The maximum Gasteiger partial charge on any atom is 0.194 e. The predicted molar refractivity (Wildman–Crippen MR) is 122 cm³/mol. The fourth-order valence-electron chi connectivity index (χ4n) is 4.32. The van der Waals surface area contributed by atoms with Crippen molar-refractivity contribution in [2.75, 3.05) is 0 Å². The molecule has 0 radical (unpaired) electrons. The molecule has 138 valence electrons. The van der Waals surface area contributed by atoms with Crippen molar-refractivity contribution in [2.45, 2.75) is 27.7 Å². The minimum Gasteiger partial charge on any atom is -0.289 e. The van der Waals surface area contributed by atoms with Crippen molar-refractivity contribution in [1.29, 1.82) is 0 Å². The van der Waals surface area contributed by atoms with Crippen molar-refractivity contribution in [1.82, 2.24) is 0 Å². The second kappa shape index (κ2) is 6.72. The molecule has 6 rings (SSSR count). The molecule has 0 saturated heterocycles. The summed E-state index contributed by atoms with van der Waals surface area (Å²) in [5, 5.41) is 6.66. The van der Waals surface area contributed by atoms with Crippen LogP contribution in [0.5, 0.6) is 0 Å². The van der Waals surface area contributed by atoms with E-state index in [1.807, 2.05) is 88.4 Å². The number of benzene rings is 6. The topological polar surface area (TPSA) is 34.1 Å². The van der Waals surface area contributed by atoms with E-state index >= 15 is 0 Å². The molecule has 2 aliphatic carbocycles. The van der Waals surface area contributed by atoms with E-state index in [0.29, 0.717) is 21.5 Å². The van der Waals surface area contributed by atoms with Gasteiger partial charge in [0.25, 0.3) is 0 Å². The summed E-state index contributed by atoms with van der Waals surface area (Å²) in [6, 6.07) is 19.2. The van der Waals surface area contributed by atoms with Crippen molar-refractivity contribution in [3.63, 3.8) is 0 Å². The molecule has 2 aliphatic rings. The predicted octanol–water partition coefficient (Wildman–Crippen LogP) is 6.49. The molecule has 2 nitrogen and oxygen atoms in total. The number of hydrogen-bond acceptors (Lipinski definition) is 2. The monoisotopic (exact) mass is 366 g/mol. The Labute approximate surface area is 163 Å². The van der Waals surface area contributed by atoms with Crippen molar-refractivity contribution >= 4 is 43.1 Å². The minimum absolute atomic E-state index is 0.0475. The van der Waals surface area contributed by atoms with Gasteiger partial charge in [-0.2, -0.15) is 0 Å². The van der Waals surface area contributed by atoms with Gasteiger partial charge in [0.15, 0.2) is 10.9 Å². The highest BCUT2D eigenvalue weighted by atomic mass is 16.1. The summed E-state index contributed by atoms with van der Waals surface area (Å²) >= 11 is 0. The third-order valence-electron chi connectivity index (χ3n) is 5.32. The molecular weight excluding hydrogens is 344 g/mol. The molecule has 0 aliphatic heterocycles. The molecule has 0 fully saturated rings. The van der Waals surface area contributed by atoms with E-state index in [4.69, 9.17) is 0 Å². The molecule has 0 heterocycles. The average Bonchev–Trinajstić information content (AvgIpc) is 2.78. The van der Waals surface area contributed by atoms with Crippen molar-refractivity contribution in [2.24, 2.45) is 0 Å². The Morgan fingerprint density at radius 2 is 0.857 bits per heavy atom. The van der Waals surface area contributed by atoms with E-state index in [2.05, 4.69) is 0 Å². The van der Waals surface area contributed by atoms with Gasteiger partial charge in [0.1, 0.15) is 0 Å². The molecular formula is C26H22O2. The quantitative estimate of drug-likeness (QED) is 0.227. The van der Waals surface area contributed by atoms with Crippen molar-refractivity contribution in [3.05, 3.63) is 81.1 Å². The van der Waals surface area contributed by atoms with Crippen molar-refractivity contribution in [3.8, 4) is 11.1 Å². The Morgan fingerprint density at radius 1 is 0.464 bits per heavy atom. The Kier molecular flexibility index (Phi) is 4.35. The summed E-state index contributed by atoms with van der Waals surface area (Å²) < 4.78 is 0. The van der Waals surface area contributed by atoms with Crippen LogP contribution < -0.4 is 10.9 Å². The lowest BCUT2D eigenvalue weighted by molar-refractivity contribution is 1.50. The lowest BCUT2D eigenvalue weighted by atomic mass is 9.81. The molecule has 0 aromatic heterocycles. The van der Waals surface area contributed by atoms with E-state index in [0.717, 1.165) is 32.7 Å². The van der Waals surface area contributed by atoms with Crippen LogP contribution in [0.1, 0.15) is 27.7 Å². The van der Waals surface area contributed by atoms with Crippen LogP contribution >= 0.6 is 0 Å². The van der Waals surface area contributed by atoms with Crippen LogP contribution in [0.2, 0.25) is 0 Å². The third-order valence-corrected chi connectivity index (χ3v) is 5.32. The van der Waals surface area contributed by atoms with E-state index in [-0.39, 0.29) is 10.9 Å². The van der Waals surface area contributed by atoms with Crippen LogP contribution in [0.15, 0.2) is 70.3 Å². The molecule has 0 bridgehead atoms. The maximum atomic E-state index is 13.1. The van der Waals surface area contributed by atoms with Crippen LogP contribution in [-0.2, 0) is 0 Å². The number of hydrogen-bond donors (Lipinski definition) is 0. The first-order chi connectivity index (χ1) is 13.8. The highest BCUT2D eigenvalue weighted by Crippen LogP contribution is 2.44. The van der Waals surface area contributed by atoms with Gasteiger partial charge in [-0.1, -0.05) is 76.2 Å². The molecule has 0 saturated carbocycles. The summed E-state index contributed by atoms with van der Waals surface area (Å²) in [6.07, 6.45) is 0. The summed E-state index contributed by atoms with van der Waals surface area (Å²) in [5.41, 5.74) is 1.97. The second-order valence-electron chi connectivity index (χ2n) is 6.44. The fourth-order valence-corrected chi connectivity index (χ4v) is 4.32. The molecule has 0 atom stereocenters. The van der Waals surface area contributed by atoms with E-state index in [9.17, 15) is 9.59 Å². The van der Waals surface area contributed by atoms with Crippen LogP contribution in [-0.4, -0.2) is 0 Å². The SMILES string of the molecule is CC.CC.O=c1c2ccc3cccc4c(=O)c5ccc6cccc1c6c5-c2c34. The van der Waals surface area contributed by atoms with Gasteiger partial charge in [0.2, 0.25) is 0 Å². The molecule has 0 unspecified atom stereocenters. The van der Waals surface area contributed by atoms with Gasteiger partial charge in [0, 0.05) is 43.4 Å². The molecule has 4 aromatic carbocycles. The molecule has 2 heteroatoms. The zero-order chi connectivity index (χ0) is 20.0. The lowest BCUT2D eigenvalue weighted by Crippen LogP contribution is -2.12. The Morgan fingerprint density at radius 3 is 1.25 bits per heavy atom. The third kappa shape index (κ3) is 2.15. The molecule has 4 aromatic rings. The second-order valence-corrected chi connectivity index (χ2v) is 6.44. The lowest BCUT2D eigenvalue weighted by Gasteiger charge is -2.20. The summed E-state index contributed by atoms with van der Waals surface area (Å²) in [5.74, 6) is 0. The average molecular weight is 366 g/mol. The Hall–Kier alpha value is -3.26. The first-order valence-electron chi connectivity index (χ1n) is 9.97. The zero-order valence-electron chi connectivity index (χ0n) is 16.6. The van der Waals surface area contributed by atoms with Crippen LogP contribution in [0.4, 0.5) is 0 Å². The first-order valence-corrected chi connectivity index (χ1v) is 9.97. The Bertz CT molecular complexity index is 1360. The molecule has 0 amide bonds. The molecule has 0 N–H and O–H groups in total. The minimum atomic E-state index is 0.0475. The van der Waals surface area contributed by atoms with Gasteiger partial charge >= 0.3 is 0 Å². The van der Waals surface area contributed by atoms with Gasteiger partial charge < -0.3 is 0 Å². The van der Waals surface area contributed by atoms with Crippen LogP contribution in [0.25, 0.3) is 54.2 Å². The number of rotatable bonds is 0. The highest BCUT2D eigenvalue weighted by Gasteiger charge is 2.24. The highest BCUT2D eigenvalue weighted by molar-refractivity contribution is 6.28. The van der Waals surface area contributed by atoms with Gasteiger partial charge in [-0.05, 0) is 22.9 Å². The standard InChI is InChI=1S/C22H10O2.2C2H6/c23-21-13-5-1-3-11-7-9-16-19(17(11)13)20-15(21)10-8-12-4-2-6-14(18(12)20)22(16)24;2*1-2/h1-10H;2*1-2H3. The summed E-state index contributed by atoms with van der Waals surface area (Å²) in [6.45, 7) is 8.00. The van der Waals surface area contributed by atoms with Crippen molar-refractivity contribution < 1.29 is 0 Å². The van der Waals surface area contributed by atoms with Gasteiger partial charge in [-0.3, -0.25) is 9.59 Å². The zero-order valence-corrected chi connectivity index (χ0v) is 16.6. The van der Waals surface area contributed by atoms with E-state index < -0.39 is 0 Å². The molecule has 0 spiro atoms.